The van der Waals surface area contributed by atoms with Crippen LogP contribution >= 0.6 is 0 Å². The number of rotatable bonds is 2. The third-order valence-corrected chi connectivity index (χ3v) is 12.4. The predicted octanol–water partition coefficient (Wildman–Crippen LogP) is 12.2. The Labute approximate surface area is 321 Å². The zero-order valence-corrected chi connectivity index (χ0v) is 31.4. The molecular weight excluding hydrogens is 663 g/mol. The zero-order valence-electron chi connectivity index (χ0n) is 31.4. The number of hydrogen-bond donors (Lipinski definition) is 0. The van der Waals surface area contributed by atoms with Gasteiger partial charge in [-0.05, 0) is 146 Å². The minimum Gasteiger partial charge on any atom is -0.311 e. The van der Waals surface area contributed by atoms with E-state index in [9.17, 15) is 0 Å². The first kappa shape index (κ1) is 30.8. The summed E-state index contributed by atoms with van der Waals surface area (Å²) in [5, 5.41) is 13.0. The van der Waals surface area contributed by atoms with Crippen molar-refractivity contribution in [2.24, 2.45) is 0 Å². The number of anilines is 6. The molecule has 2 nitrogen and oxygen atoms in total. The van der Waals surface area contributed by atoms with E-state index >= 15 is 0 Å². The van der Waals surface area contributed by atoms with Gasteiger partial charge in [0, 0.05) is 44.9 Å². The lowest BCUT2D eigenvalue weighted by Crippen LogP contribution is -2.61. The van der Waals surface area contributed by atoms with Gasteiger partial charge in [0.1, 0.15) is 0 Å². The van der Waals surface area contributed by atoms with Gasteiger partial charge in [-0.2, -0.15) is 0 Å². The van der Waals surface area contributed by atoms with E-state index in [0.717, 1.165) is 0 Å². The molecule has 0 amide bonds. The van der Waals surface area contributed by atoms with Gasteiger partial charge in [0.05, 0.1) is 0 Å². The molecule has 0 bridgehead atoms. The van der Waals surface area contributed by atoms with Crippen molar-refractivity contribution < 1.29 is 0 Å². The monoisotopic (exact) mass is 700 g/mol. The average Bonchev–Trinajstić information content (AvgIpc) is 3.18. The average molecular weight is 701 g/mol. The van der Waals surface area contributed by atoms with Crippen LogP contribution in [0.4, 0.5) is 34.1 Å². The number of benzene rings is 10. The van der Waals surface area contributed by atoms with Crippen LogP contribution in [0.3, 0.4) is 0 Å². The molecule has 0 aliphatic carbocycles. The molecule has 0 aromatic heterocycles. The first-order valence-corrected chi connectivity index (χ1v) is 19.5. The van der Waals surface area contributed by atoms with Crippen LogP contribution in [0.1, 0.15) is 22.3 Å². The van der Waals surface area contributed by atoms with Crippen molar-refractivity contribution in [3.8, 4) is 0 Å². The Hall–Kier alpha value is -6.58. The van der Waals surface area contributed by atoms with E-state index in [1.165, 1.54) is 127 Å². The van der Waals surface area contributed by atoms with Gasteiger partial charge in [0.15, 0.2) is 0 Å². The highest BCUT2D eigenvalue weighted by molar-refractivity contribution is 7.01. The molecule has 2 aliphatic rings. The molecule has 0 saturated heterocycles. The van der Waals surface area contributed by atoms with Gasteiger partial charge in [0.25, 0.3) is 6.71 Å². The van der Waals surface area contributed by atoms with Crippen molar-refractivity contribution in [3.63, 3.8) is 0 Å². The standard InChI is InChI=1S/C52H37BN2/c1-30-23-31(2)26-38(25-30)54-46-13-8-14-47-50(46)53(44-22-21-41-40-12-6-5-9-34(40)17-19-42(41)51(44)54)45-29-37-16-15-35-10-7-11-36-18-20-43(49(37)48(35)36)52(45)55(47)39-27-32(3)24-33(4)28-39/h5-29H,1-4H3. The third-order valence-electron chi connectivity index (χ3n) is 12.4. The predicted molar refractivity (Wildman–Crippen MR) is 238 cm³/mol. The Bertz CT molecular complexity index is 3220. The van der Waals surface area contributed by atoms with Gasteiger partial charge in [-0.3, -0.25) is 0 Å². The Morgan fingerprint density at radius 3 is 1.58 bits per heavy atom. The fraction of sp³-hybridized carbons (Fsp3) is 0.0769. The second-order valence-electron chi connectivity index (χ2n) is 16.1. The first-order valence-electron chi connectivity index (χ1n) is 19.5. The lowest BCUT2D eigenvalue weighted by atomic mass is 9.33. The molecule has 10 aromatic rings. The van der Waals surface area contributed by atoms with E-state index in [0.29, 0.717) is 0 Å². The largest absolute Gasteiger partial charge is 0.311 e. The molecule has 0 saturated carbocycles. The van der Waals surface area contributed by atoms with E-state index in [2.05, 4.69) is 189 Å². The lowest BCUT2D eigenvalue weighted by molar-refractivity contribution is 1.24. The third kappa shape index (κ3) is 4.21. The van der Waals surface area contributed by atoms with E-state index in [4.69, 9.17) is 0 Å². The van der Waals surface area contributed by atoms with Gasteiger partial charge in [-0.15, -0.1) is 0 Å². The molecule has 2 aliphatic heterocycles. The summed E-state index contributed by atoms with van der Waals surface area (Å²) in [6.07, 6.45) is 0. The van der Waals surface area contributed by atoms with Crippen molar-refractivity contribution in [1.29, 1.82) is 0 Å². The number of hydrogen-bond acceptors (Lipinski definition) is 2. The van der Waals surface area contributed by atoms with Crippen molar-refractivity contribution in [2.45, 2.75) is 27.7 Å². The molecule has 0 fully saturated rings. The topological polar surface area (TPSA) is 6.48 Å². The summed E-state index contributed by atoms with van der Waals surface area (Å²) < 4.78 is 0. The van der Waals surface area contributed by atoms with E-state index in [1.54, 1.807) is 0 Å². The van der Waals surface area contributed by atoms with Crippen LogP contribution in [0, 0.1) is 27.7 Å². The van der Waals surface area contributed by atoms with E-state index in [1.807, 2.05) is 0 Å². The van der Waals surface area contributed by atoms with Gasteiger partial charge >= 0.3 is 0 Å². The van der Waals surface area contributed by atoms with Gasteiger partial charge in [-0.25, -0.2) is 0 Å². The second kappa shape index (κ2) is 11.0. The quantitative estimate of drug-likeness (QED) is 0.131. The van der Waals surface area contributed by atoms with Crippen LogP contribution in [-0.4, -0.2) is 6.71 Å². The van der Waals surface area contributed by atoms with Gasteiger partial charge in [-0.1, -0.05) is 115 Å². The smallest absolute Gasteiger partial charge is 0.252 e. The van der Waals surface area contributed by atoms with Crippen molar-refractivity contribution in [1.82, 2.24) is 0 Å². The van der Waals surface area contributed by atoms with Gasteiger partial charge < -0.3 is 9.80 Å². The minimum atomic E-state index is 0.0262. The summed E-state index contributed by atoms with van der Waals surface area (Å²) in [6.45, 7) is 8.92. The fourth-order valence-electron chi connectivity index (χ4n) is 10.5. The van der Waals surface area contributed by atoms with Gasteiger partial charge in [0.2, 0.25) is 0 Å². The first-order chi connectivity index (χ1) is 26.9. The van der Waals surface area contributed by atoms with Crippen LogP contribution < -0.4 is 26.2 Å². The van der Waals surface area contributed by atoms with Crippen LogP contribution in [0.15, 0.2) is 152 Å². The molecule has 0 unspecified atom stereocenters. The molecule has 258 valence electrons. The van der Waals surface area contributed by atoms with Crippen LogP contribution in [-0.2, 0) is 0 Å². The normalized spacial score (nSPS) is 13.3. The maximum atomic E-state index is 2.59. The van der Waals surface area contributed by atoms with Crippen LogP contribution in [0.2, 0.25) is 0 Å². The van der Waals surface area contributed by atoms with E-state index < -0.39 is 0 Å². The summed E-state index contributed by atoms with van der Waals surface area (Å²) in [5.74, 6) is 0. The molecule has 0 atom stereocenters. The SMILES string of the molecule is Cc1cc(C)cc(N2c3cccc4c3B(c3ccc5c(ccc6ccccc65)c32)c2cc3ccc5cccc6ccc(c2N4c2cc(C)cc(C)c2)c3c56)c1. The summed E-state index contributed by atoms with van der Waals surface area (Å²) in [4.78, 5) is 5.17. The number of fused-ring (bicyclic) bond motifs is 9. The van der Waals surface area contributed by atoms with Crippen molar-refractivity contribution in [2.75, 3.05) is 9.80 Å². The summed E-state index contributed by atoms with van der Waals surface area (Å²) in [7, 11) is 0. The molecule has 55 heavy (non-hydrogen) atoms. The molecule has 10 aromatic carbocycles. The summed E-state index contributed by atoms with van der Waals surface area (Å²) in [5.41, 5.74) is 16.6. The van der Waals surface area contributed by atoms with Crippen LogP contribution in [0.25, 0.3) is 53.9 Å². The Kier molecular flexibility index (Phi) is 6.16. The maximum absolute atomic E-state index is 2.59. The molecule has 0 N–H and O–H groups in total. The highest BCUT2D eigenvalue weighted by Gasteiger charge is 2.44. The molecule has 2 heterocycles. The maximum Gasteiger partial charge on any atom is 0.252 e. The fourth-order valence-corrected chi connectivity index (χ4v) is 10.5. The molecular formula is C52H37BN2. The van der Waals surface area contributed by atoms with Crippen molar-refractivity contribution >= 4 is 111 Å². The minimum absolute atomic E-state index is 0.0262. The molecule has 12 rings (SSSR count). The Morgan fingerprint density at radius 1 is 0.364 bits per heavy atom. The highest BCUT2D eigenvalue weighted by Crippen LogP contribution is 2.49. The summed E-state index contributed by atoms with van der Waals surface area (Å²) >= 11 is 0. The Morgan fingerprint density at radius 2 is 0.891 bits per heavy atom. The second-order valence-corrected chi connectivity index (χ2v) is 16.1. The zero-order chi connectivity index (χ0) is 36.7. The number of nitrogens with zero attached hydrogens (tertiary/aromatic N) is 2. The Balaban J connectivity index is 1.27. The van der Waals surface area contributed by atoms with Crippen LogP contribution in [0.5, 0.6) is 0 Å². The molecule has 0 radical (unpaired) electrons. The molecule has 3 heteroatoms. The van der Waals surface area contributed by atoms with E-state index in [-0.39, 0.29) is 6.71 Å². The summed E-state index contributed by atoms with van der Waals surface area (Å²) in [6, 6.07) is 58.0. The lowest BCUT2D eigenvalue weighted by Gasteiger charge is -2.45. The van der Waals surface area contributed by atoms with Crippen molar-refractivity contribution in [3.05, 3.63) is 174 Å². The molecule has 0 spiro atoms. The highest BCUT2D eigenvalue weighted by atomic mass is 15.2. The number of aryl methyl sites for hydroxylation is 4.